The van der Waals surface area contributed by atoms with Crippen molar-refractivity contribution < 1.29 is 9.59 Å². The van der Waals surface area contributed by atoms with Gasteiger partial charge in [0.2, 0.25) is 0 Å². The first-order chi connectivity index (χ1) is 15.1. The second-order valence-electron chi connectivity index (χ2n) is 9.00. The Kier molecular flexibility index (Phi) is 5.28. The molecular weight excluding hydrogens is 390 g/mol. The van der Waals surface area contributed by atoms with Crippen LogP contribution in [0, 0.1) is 5.41 Å². The molecule has 31 heavy (non-hydrogen) atoms. The van der Waals surface area contributed by atoms with Gasteiger partial charge in [0.25, 0.3) is 5.91 Å². The Bertz CT molecular complexity index is 951. The third kappa shape index (κ3) is 4.10. The van der Waals surface area contributed by atoms with Crippen LogP contribution in [0.15, 0.2) is 60.1 Å². The van der Waals surface area contributed by atoms with Gasteiger partial charge in [0.1, 0.15) is 0 Å². The number of amides is 3. The fourth-order valence-corrected chi connectivity index (χ4v) is 5.10. The molecule has 2 saturated heterocycles. The smallest absolute Gasteiger partial charge is 0.326 e. The lowest BCUT2D eigenvalue weighted by molar-refractivity contribution is 0.0434. The van der Waals surface area contributed by atoms with Gasteiger partial charge in [-0.3, -0.25) is 9.69 Å². The van der Waals surface area contributed by atoms with Crippen molar-refractivity contribution >= 4 is 17.6 Å². The van der Waals surface area contributed by atoms with Crippen LogP contribution in [0.3, 0.4) is 0 Å². The lowest BCUT2D eigenvalue weighted by Crippen LogP contribution is -2.52. The van der Waals surface area contributed by atoms with Gasteiger partial charge in [-0.1, -0.05) is 0 Å². The number of carbonyl (C=O) groups is 2. The molecule has 3 amide bonds. The minimum Gasteiger partial charge on any atom is -0.367 e. The maximum Gasteiger partial charge on any atom is 0.326 e. The zero-order valence-electron chi connectivity index (χ0n) is 17.7. The van der Waals surface area contributed by atoms with E-state index in [2.05, 4.69) is 16.0 Å². The molecule has 0 aliphatic carbocycles. The summed E-state index contributed by atoms with van der Waals surface area (Å²) in [5.41, 5.74) is 3.73. The molecule has 1 unspecified atom stereocenters. The predicted molar refractivity (Wildman–Crippen MR) is 120 cm³/mol. The van der Waals surface area contributed by atoms with Gasteiger partial charge in [-0.15, -0.1) is 0 Å². The molecule has 1 spiro atoms. The molecule has 2 fully saturated rings. The summed E-state index contributed by atoms with van der Waals surface area (Å²) in [7, 11) is 0. The van der Waals surface area contributed by atoms with E-state index in [0.717, 1.165) is 43.7 Å². The fourth-order valence-electron chi connectivity index (χ4n) is 5.10. The number of rotatable bonds is 2. The normalized spacial score (nSPS) is 24.9. The third-order valence-electron chi connectivity index (χ3n) is 6.78. The summed E-state index contributed by atoms with van der Waals surface area (Å²) >= 11 is 0. The van der Waals surface area contributed by atoms with Crippen LogP contribution in [0.25, 0.3) is 0 Å². The van der Waals surface area contributed by atoms with E-state index in [4.69, 9.17) is 0 Å². The highest BCUT2D eigenvalue weighted by Gasteiger charge is 2.38. The van der Waals surface area contributed by atoms with Crippen molar-refractivity contribution in [1.29, 1.82) is 0 Å². The number of anilines is 1. The summed E-state index contributed by atoms with van der Waals surface area (Å²) in [6, 6.07) is 7.07. The number of fused-ring (bicyclic) bond motifs is 1. The quantitative estimate of drug-likeness (QED) is 0.689. The molecule has 0 aromatic heterocycles. The van der Waals surface area contributed by atoms with E-state index in [9.17, 15) is 9.59 Å². The predicted octanol–water partition coefficient (Wildman–Crippen LogP) is 3.02. The largest absolute Gasteiger partial charge is 0.367 e. The van der Waals surface area contributed by atoms with Gasteiger partial charge < -0.3 is 20.9 Å². The van der Waals surface area contributed by atoms with Crippen LogP contribution in [0.2, 0.25) is 0 Å². The zero-order chi connectivity index (χ0) is 21.3. The topological polar surface area (TPSA) is 76.7 Å². The van der Waals surface area contributed by atoms with Crippen molar-refractivity contribution in [2.45, 2.75) is 25.7 Å². The average Bonchev–Trinajstić information content (AvgIpc) is 3.24. The monoisotopic (exact) mass is 419 g/mol. The number of urea groups is 1. The Balaban J connectivity index is 1.21. The Morgan fingerprint density at radius 3 is 2.71 bits per heavy atom. The number of dihydropyridines is 1. The number of carbonyl (C=O) groups excluding carboxylic acids is 2. The van der Waals surface area contributed by atoms with Gasteiger partial charge in [0.05, 0.1) is 6.54 Å². The first-order valence-electron chi connectivity index (χ1n) is 11.1. The molecule has 3 N–H and O–H groups in total. The first kappa shape index (κ1) is 19.9. The summed E-state index contributed by atoms with van der Waals surface area (Å²) in [5, 5.41) is 9.48. The number of hydrogen-bond donors (Lipinski definition) is 3. The van der Waals surface area contributed by atoms with Crippen LogP contribution < -0.4 is 16.0 Å². The van der Waals surface area contributed by atoms with E-state index in [1.807, 2.05) is 53.8 Å². The molecule has 7 nitrogen and oxygen atoms in total. The summed E-state index contributed by atoms with van der Waals surface area (Å²) in [5.74, 6) is 0.0853. The van der Waals surface area contributed by atoms with Gasteiger partial charge >= 0.3 is 6.03 Å². The van der Waals surface area contributed by atoms with Gasteiger partial charge in [-0.2, -0.15) is 0 Å². The van der Waals surface area contributed by atoms with Gasteiger partial charge in [0.15, 0.2) is 0 Å². The van der Waals surface area contributed by atoms with E-state index in [1.165, 1.54) is 19.3 Å². The molecule has 1 aromatic rings. The maximum atomic E-state index is 13.1. The maximum absolute atomic E-state index is 13.1. The standard InChI is InChI=1S/C24H29N5O2/c30-22(28-12-2-9-24(17-28)8-1-10-26-16-24)18-3-5-21(6-4-18)27-23(31)29-14-19-7-11-25-13-20(19)15-29/h3-7,11,13-14,25-26H,1-2,8-10,12,15-17H2,(H,27,31). The Morgan fingerprint density at radius 2 is 1.94 bits per heavy atom. The van der Waals surface area contributed by atoms with Crippen molar-refractivity contribution in [2.75, 3.05) is 38.0 Å². The molecule has 5 rings (SSSR count). The number of benzene rings is 1. The zero-order valence-corrected chi connectivity index (χ0v) is 17.7. The number of likely N-dealkylation sites (tertiary alicyclic amines) is 1. The summed E-state index contributed by atoms with van der Waals surface area (Å²) in [6.45, 7) is 4.29. The molecule has 0 bridgehead atoms. The number of allylic oxidation sites excluding steroid dienone is 1. The van der Waals surface area contributed by atoms with E-state index < -0.39 is 0 Å². The molecule has 1 atom stereocenters. The summed E-state index contributed by atoms with van der Waals surface area (Å²) < 4.78 is 0. The average molecular weight is 420 g/mol. The molecule has 4 aliphatic rings. The number of nitrogens with zero attached hydrogens (tertiary/aromatic N) is 2. The second-order valence-corrected chi connectivity index (χ2v) is 9.00. The minimum absolute atomic E-state index is 0.0853. The molecule has 1 aromatic carbocycles. The molecule has 0 radical (unpaired) electrons. The highest BCUT2D eigenvalue weighted by atomic mass is 16.2. The fraction of sp³-hybridized carbons (Fsp3) is 0.417. The van der Waals surface area contributed by atoms with E-state index >= 15 is 0 Å². The second kappa shape index (κ2) is 8.23. The van der Waals surface area contributed by atoms with Crippen LogP contribution in [0.1, 0.15) is 36.0 Å². The Morgan fingerprint density at radius 1 is 1.10 bits per heavy atom. The minimum atomic E-state index is -0.182. The Hall–Kier alpha value is -3.06. The van der Waals surface area contributed by atoms with Crippen LogP contribution >= 0.6 is 0 Å². The van der Waals surface area contributed by atoms with Crippen LogP contribution in [-0.4, -0.2) is 54.5 Å². The lowest BCUT2D eigenvalue weighted by atomic mass is 9.74. The molecular formula is C24H29N5O2. The van der Waals surface area contributed by atoms with Crippen molar-refractivity contribution in [1.82, 2.24) is 20.4 Å². The van der Waals surface area contributed by atoms with Gasteiger partial charge in [0, 0.05) is 54.9 Å². The van der Waals surface area contributed by atoms with Crippen molar-refractivity contribution in [3.63, 3.8) is 0 Å². The van der Waals surface area contributed by atoms with E-state index in [1.54, 1.807) is 4.90 Å². The highest BCUT2D eigenvalue weighted by molar-refractivity contribution is 5.96. The van der Waals surface area contributed by atoms with Crippen LogP contribution in [-0.2, 0) is 0 Å². The molecule has 4 aliphatic heterocycles. The summed E-state index contributed by atoms with van der Waals surface area (Å²) in [4.78, 5) is 29.4. The van der Waals surface area contributed by atoms with Crippen molar-refractivity contribution in [3.8, 4) is 0 Å². The summed E-state index contributed by atoms with van der Waals surface area (Å²) in [6.07, 6.45) is 12.2. The SMILES string of the molecule is O=C(Nc1ccc(C(=O)N2CCCC3(CCCNC3)C2)cc1)N1C=C2C=CNC=C2C1. The van der Waals surface area contributed by atoms with Crippen LogP contribution in [0.4, 0.5) is 10.5 Å². The number of piperidine rings is 2. The van der Waals surface area contributed by atoms with Crippen LogP contribution in [0.5, 0.6) is 0 Å². The van der Waals surface area contributed by atoms with E-state index in [-0.39, 0.29) is 17.4 Å². The first-order valence-corrected chi connectivity index (χ1v) is 11.1. The highest BCUT2D eigenvalue weighted by Crippen LogP contribution is 2.36. The van der Waals surface area contributed by atoms with Gasteiger partial charge in [-0.25, -0.2) is 4.79 Å². The third-order valence-corrected chi connectivity index (χ3v) is 6.78. The molecule has 0 saturated carbocycles. The van der Waals surface area contributed by atoms with E-state index in [0.29, 0.717) is 17.8 Å². The lowest BCUT2D eigenvalue weighted by Gasteiger charge is -2.45. The Labute approximate surface area is 182 Å². The van der Waals surface area contributed by atoms with Crippen molar-refractivity contribution in [3.05, 3.63) is 65.7 Å². The van der Waals surface area contributed by atoms with Gasteiger partial charge in [-0.05, 0) is 73.7 Å². The molecule has 162 valence electrons. The number of nitrogens with one attached hydrogen (secondary N) is 3. The molecule has 7 heteroatoms. The van der Waals surface area contributed by atoms with Crippen molar-refractivity contribution in [2.24, 2.45) is 5.41 Å². The molecule has 4 heterocycles. The number of hydrogen-bond acceptors (Lipinski definition) is 4.